The van der Waals surface area contributed by atoms with E-state index in [4.69, 9.17) is 0 Å². The van der Waals surface area contributed by atoms with Gasteiger partial charge >= 0.3 is 0 Å². The zero-order valence-corrected chi connectivity index (χ0v) is 15.3. The molecular weight excluding hydrogens is 296 g/mol. The molecule has 0 atom stereocenters. The SMILES string of the molecule is CCCCC/C=C\C/C=C\CCCCCCCC(=O)c1cnc[nH]1. The smallest absolute Gasteiger partial charge is 0.180 e. The second kappa shape index (κ2) is 14.9. The Hall–Kier alpha value is -1.64. The average Bonchev–Trinajstić information content (AvgIpc) is 3.13. The zero-order valence-electron chi connectivity index (χ0n) is 15.3. The van der Waals surface area contributed by atoms with E-state index in [1.165, 1.54) is 51.4 Å². The van der Waals surface area contributed by atoms with Crippen molar-refractivity contribution in [2.24, 2.45) is 0 Å². The number of Topliss-reactive ketones (excluding diaryl/α,β-unsaturated/α-hetero) is 1. The van der Waals surface area contributed by atoms with Crippen molar-refractivity contribution in [2.75, 3.05) is 0 Å². The minimum absolute atomic E-state index is 0.179. The number of unbranched alkanes of at least 4 members (excludes halogenated alkanes) is 8. The lowest BCUT2D eigenvalue weighted by Crippen LogP contribution is -1.98. The molecule has 1 aromatic heterocycles. The number of nitrogens with zero attached hydrogens (tertiary/aromatic N) is 1. The van der Waals surface area contributed by atoms with Gasteiger partial charge in [-0.25, -0.2) is 4.98 Å². The molecule has 0 fully saturated rings. The van der Waals surface area contributed by atoms with Gasteiger partial charge in [-0.2, -0.15) is 0 Å². The fourth-order valence-electron chi connectivity index (χ4n) is 2.64. The Morgan fingerprint density at radius 1 is 0.958 bits per heavy atom. The van der Waals surface area contributed by atoms with Gasteiger partial charge in [0.15, 0.2) is 5.78 Å². The van der Waals surface area contributed by atoms with Gasteiger partial charge in [-0.1, -0.05) is 63.3 Å². The van der Waals surface area contributed by atoms with Gasteiger partial charge in [0, 0.05) is 6.42 Å². The molecule has 1 heterocycles. The Kier molecular flexibility index (Phi) is 12.7. The minimum atomic E-state index is 0.179. The van der Waals surface area contributed by atoms with Crippen molar-refractivity contribution in [1.29, 1.82) is 0 Å². The summed E-state index contributed by atoms with van der Waals surface area (Å²) >= 11 is 0. The number of hydrogen-bond acceptors (Lipinski definition) is 2. The van der Waals surface area contributed by atoms with E-state index in [9.17, 15) is 4.79 Å². The van der Waals surface area contributed by atoms with E-state index in [0.717, 1.165) is 19.3 Å². The second-order valence-electron chi connectivity index (χ2n) is 6.37. The first kappa shape index (κ1) is 20.4. The van der Waals surface area contributed by atoms with E-state index >= 15 is 0 Å². The van der Waals surface area contributed by atoms with Crippen molar-refractivity contribution in [3.05, 3.63) is 42.5 Å². The quantitative estimate of drug-likeness (QED) is 0.229. The Morgan fingerprint density at radius 3 is 2.29 bits per heavy atom. The Labute approximate surface area is 147 Å². The summed E-state index contributed by atoms with van der Waals surface area (Å²) in [4.78, 5) is 18.5. The van der Waals surface area contributed by atoms with Gasteiger partial charge in [0.1, 0.15) is 5.69 Å². The van der Waals surface area contributed by atoms with Crippen molar-refractivity contribution in [1.82, 2.24) is 9.97 Å². The third kappa shape index (κ3) is 11.0. The van der Waals surface area contributed by atoms with Crippen LogP contribution in [0.2, 0.25) is 0 Å². The molecule has 1 N–H and O–H groups in total. The van der Waals surface area contributed by atoms with E-state index in [1.807, 2.05) is 0 Å². The van der Waals surface area contributed by atoms with Crippen LogP contribution in [-0.4, -0.2) is 15.8 Å². The van der Waals surface area contributed by atoms with Gasteiger partial charge in [-0.05, 0) is 38.5 Å². The number of aromatic amines is 1. The molecule has 0 radical (unpaired) electrons. The number of nitrogens with one attached hydrogen (secondary N) is 1. The Morgan fingerprint density at radius 2 is 1.62 bits per heavy atom. The maximum absolute atomic E-state index is 11.8. The molecule has 1 aromatic rings. The largest absolute Gasteiger partial charge is 0.342 e. The van der Waals surface area contributed by atoms with Crippen LogP contribution in [0.4, 0.5) is 0 Å². The first-order valence-corrected chi connectivity index (χ1v) is 9.66. The second-order valence-corrected chi connectivity index (χ2v) is 6.37. The molecule has 0 aromatic carbocycles. The number of H-pyrrole nitrogens is 1. The van der Waals surface area contributed by atoms with E-state index in [0.29, 0.717) is 12.1 Å². The van der Waals surface area contributed by atoms with Gasteiger partial charge in [-0.15, -0.1) is 0 Å². The highest BCUT2D eigenvalue weighted by molar-refractivity contribution is 5.93. The Bertz CT molecular complexity index is 460. The predicted molar refractivity (Wildman–Crippen MR) is 102 cm³/mol. The van der Waals surface area contributed by atoms with Gasteiger partial charge in [0.2, 0.25) is 0 Å². The molecule has 3 heteroatoms. The zero-order chi connectivity index (χ0) is 17.3. The molecular formula is C21H34N2O. The molecule has 0 spiro atoms. The standard InChI is InChI=1S/C21H34N2O/c1-2-3-4-5-6-7-8-9-10-11-12-13-14-15-16-17-21(24)20-18-22-19-23-20/h6-7,9-10,18-19H,2-5,8,11-17H2,1H3,(H,22,23)/b7-6-,10-9-. The van der Waals surface area contributed by atoms with Gasteiger partial charge in [0.25, 0.3) is 0 Å². The van der Waals surface area contributed by atoms with E-state index in [2.05, 4.69) is 41.2 Å². The van der Waals surface area contributed by atoms with Crippen molar-refractivity contribution in [3.63, 3.8) is 0 Å². The summed E-state index contributed by atoms with van der Waals surface area (Å²) < 4.78 is 0. The predicted octanol–water partition coefficient (Wildman–Crippen LogP) is 6.41. The molecule has 0 aliphatic rings. The Balaban J connectivity index is 1.85. The summed E-state index contributed by atoms with van der Waals surface area (Å²) in [5, 5.41) is 0. The molecule has 0 saturated heterocycles. The van der Waals surface area contributed by atoms with Crippen LogP contribution in [-0.2, 0) is 0 Å². The number of ketones is 1. The molecule has 24 heavy (non-hydrogen) atoms. The summed E-state index contributed by atoms with van der Waals surface area (Å²) in [5.41, 5.74) is 0.638. The average molecular weight is 331 g/mol. The van der Waals surface area contributed by atoms with E-state index in [1.54, 1.807) is 12.5 Å². The van der Waals surface area contributed by atoms with Gasteiger partial charge in [-0.3, -0.25) is 4.79 Å². The van der Waals surface area contributed by atoms with Gasteiger partial charge < -0.3 is 4.98 Å². The number of aromatic nitrogens is 2. The van der Waals surface area contributed by atoms with Crippen LogP contribution in [0.25, 0.3) is 0 Å². The number of allylic oxidation sites excluding steroid dienone is 4. The fraction of sp³-hybridized carbons (Fsp3) is 0.619. The summed E-state index contributed by atoms with van der Waals surface area (Å²) in [6, 6.07) is 0. The molecule has 0 amide bonds. The van der Waals surface area contributed by atoms with Crippen LogP contribution in [0.1, 0.15) is 94.5 Å². The molecule has 134 valence electrons. The maximum atomic E-state index is 11.8. The highest BCUT2D eigenvalue weighted by atomic mass is 16.1. The van der Waals surface area contributed by atoms with Gasteiger partial charge in [0.05, 0.1) is 12.5 Å². The molecule has 3 nitrogen and oxygen atoms in total. The van der Waals surface area contributed by atoms with Crippen LogP contribution in [0, 0.1) is 0 Å². The molecule has 0 saturated carbocycles. The van der Waals surface area contributed by atoms with E-state index in [-0.39, 0.29) is 5.78 Å². The third-order valence-electron chi connectivity index (χ3n) is 4.15. The number of rotatable bonds is 15. The normalized spacial score (nSPS) is 11.7. The van der Waals surface area contributed by atoms with Crippen LogP contribution in [0.5, 0.6) is 0 Å². The molecule has 0 aliphatic heterocycles. The number of carbonyl (C=O) groups is 1. The maximum Gasteiger partial charge on any atom is 0.180 e. The van der Waals surface area contributed by atoms with Crippen molar-refractivity contribution >= 4 is 5.78 Å². The molecule has 1 rings (SSSR count). The lowest BCUT2D eigenvalue weighted by molar-refractivity contribution is 0.0975. The topological polar surface area (TPSA) is 45.8 Å². The minimum Gasteiger partial charge on any atom is -0.342 e. The number of carbonyl (C=O) groups excluding carboxylic acids is 1. The first-order valence-electron chi connectivity index (χ1n) is 9.66. The summed E-state index contributed by atoms with van der Waals surface area (Å²) in [5.74, 6) is 0.179. The van der Waals surface area contributed by atoms with E-state index < -0.39 is 0 Å². The summed E-state index contributed by atoms with van der Waals surface area (Å²) in [7, 11) is 0. The number of hydrogen-bond donors (Lipinski definition) is 1. The van der Waals surface area contributed by atoms with Crippen LogP contribution in [0.3, 0.4) is 0 Å². The monoisotopic (exact) mass is 330 g/mol. The lowest BCUT2D eigenvalue weighted by Gasteiger charge is -2.00. The fourth-order valence-corrected chi connectivity index (χ4v) is 2.64. The third-order valence-corrected chi connectivity index (χ3v) is 4.15. The lowest BCUT2D eigenvalue weighted by atomic mass is 10.1. The van der Waals surface area contributed by atoms with Crippen LogP contribution < -0.4 is 0 Å². The molecule has 0 aliphatic carbocycles. The van der Waals surface area contributed by atoms with Crippen molar-refractivity contribution < 1.29 is 4.79 Å². The number of imidazole rings is 1. The molecule has 0 bridgehead atoms. The highest BCUT2D eigenvalue weighted by Gasteiger charge is 2.05. The summed E-state index contributed by atoms with van der Waals surface area (Å²) in [6.07, 6.45) is 26.3. The molecule has 0 unspecified atom stereocenters. The van der Waals surface area contributed by atoms with Crippen molar-refractivity contribution in [3.8, 4) is 0 Å². The first-order chi connectivity index (χ1) is 11.8. The van der Waals surface area contributed by atoms with Crippen molar-refractivity contribution in [2.45, 2.75) is 84.0 Å². The van der Waals surface area contributed by atoms with Crippen LogP contribution >= 0.6 is 0 Å². The highest BCUT2D eigenvalue weighted by Crippen LogP contribution is 2.10. The summed E-state index contributed by atoms with van der Waals surface area (Å²) in [6.45, 7) is 2.24. The van der Waals surface area contributed by atoms with Crippen LogP contribution in [0.15, 0.2) is 36.8 Å².